The normalized spacial score (nSPS) is 16.5. The number of nitrogens with zero attached hydrogens (tertiary/aromatic N) is 2. The fourth-order valence-corrected chi connectivity index (χ4v) is 2.50. The highest BCUT2D eigenvalue weighted by atomic mass is 35.5. The maximum Gasteiger partial charge on any atom is 0.119 e. The number of aliphatic hydroxyl groups excluding tert-OH is 1. The number of piperazine rings is 1. The average molecular weight is 315 g/mol. The number of likely N-dealkylation sites (N-methyl/N-ethyl adjacent to an activating group) is 1. The summed E-state index contributed by atoms with van der Waals surface area (Å²) in [6.45, 7) is 10.1. The standard InChI is InChI=1S/C16H26N2O2.ClH/c1-2-17-9-11-18(12-10-17)8-3-13-20-16-6-4-15(14-19)5-7-16;/h4-7,19H,2-3,8-14H2,1H3;1H. The van der Waals surface area contributed by atoms with E-state index in [0.29, 0.717) is 0 Å². The smallest absolute Gasteiger partial charge is 0.119 e. The molecular weight excluding hydrogens is 288 g/mol. The Hall–Kier alpha value is -0.810. The molecule has 0 spiro atoms. The molecule has 120 valence electrons. The zero-order valence-corrected chi connectivity index (χ0v) is 13.6. The molecule has 0 amide bonds. The molecule has 0 atom stereocenters. The van der Waals surface area contributed by atoms with Crippen molar-refractivity contribution in [2.75, 3.05) is 45.9 Å². The van der Waals surface area contributed by atoms with Crippen LogP contribution in [-0.2, 0) is 6.61 Å². The van der Waals surface area contributed by atoms with Gasteiger partial charge in [0.05, 0.1) is 13.2 Å². The van der Waals surface area contributed by atoms with E-state index < -0.39 is 0 Å². The molecule has 4 nitrogen and oxygen atoms in total. The molecule has 0 saturated carbocycles. The van der Waals surface area contributed by atoms with E-state index >= 15 is 0 Å². The molecular formula is C16H27ClN2O2. The zero-order valence-electron chi connectivity index (χ0n) is 12.8. The van der Waals surface area contributed by atoms with Crippen LogP contribution < -0.4 is 4.74 Å². The molecule has 21 heavy (non-hydrogen) atoms. The van der Waals surface area contributed by atoms with Crippen LogP contribution in [0.4, 0.5) is 0 Å². The SMILES string of the molecule is CCN1CCN(CCCOc2ccc(CO)cc2)CC1.Cl. The van der Waals surface area contributed by atoms with Gasteiger partial charge in [-0.1, -0.05) is 19.1 Å². The van der Waals surface area contributed by atoms with E-state index in [9.17, 15) is 0 Å². The molecule has 1 aliphatic rings. The molecule has 1 fully saturated rings. The number of hydrogen-bond donors (Lipinski definition) is 1. The quantitative estimate of drug-likeness (QED) is 0.781. The average Bonchev–Trinajstić information content (AvgIpc) is 2.53. The molecule has 1 N–H and O–H groups in total. The van der Waals surface area contributed by atoms with Gasteiger partial charge in [-0.25, -0.2) is 0 Å². The van der Waals surface area contributed by atoms with E-state index in [4.69, 9.17) is 9.84 Å². The fraction of sp³-hybridized carbons (Fsp3) is 0.625. The van der Waals surface area contributed by atoms with Crippen molar-refractivity contribution in [3.63, 3.8) is 0 Å². The third-order valence-electron chi connectivity index (χ3n) is 3.91. The van der Waals surface area contributed by atoms with E-state index in [1.807, 2.05) is 24.3 Å². The molecule has 1 aromatic rings. The van der Waals surface area contributed by atoms with Crippen molar-refractivity contribution >= 4 is 12.4 Å². The first kappa shape index (κ1) is 18.2. The lowest BCUT2D eigenvalue weighted by molar-refractivity contribution is 0.130. The highest BCUT2D eigenvalue weighted by Gasteiger charge is 2.14. The van der Waals surface area contributed by atoms with Gasteiger partial charge >= 0.3 is 0 Å². The van der Waals surface area contributed by atoms with Crippen molar-refractivity contribution in [1.82, 2.24) is 9.80 Å². The number of halogens is 1. The van der Waals surface area contributed by atoms with Crippen LogP contribution in [0.5, 0.6) is 5.75 Å². The van der Waals surface area contributed by atoms with Crippen molar-refractivity contribution < 1.29 is 9.84 Å². The van der Waals surface area contributed by atoms with Crippen molar-refractivity contribution in [2.24, 2.45) is 0 Å². The maximum absolute atomic E-state index is 8.97. The van der Waals surface area contributed by atoms with Gasteiger partial charge in [-0.2, -0.15) is 0 Å². The minimum atomic E-state index is 0. The molecule has 0 radical (unpaired) electrons. The van der Waals surface area contributed by atoms with Gasteiger partial charge in [0.15, 0.2) is 0 Å². The Kier molecular flexibility index (Phi) is 8.69. The Labute approximate surface area is 134 Å². The van der Waals surface area contributed by atoms with Crippen LogP contribution in [0.25, 0.3) is 0 Å². The predicted octanol–water partition coefficient (Wildman–Crippen LogP) is 2.01. The molecule has 2 rings (SSSR count). The van der Waals surface area contributed by atoms with Gasteiger partial charge < -0.3 is 19.6 Å². The molecule has 0 aromatic heterocycles. The van der Waals surface area contributed by atoms with E-state index in [2.05, 4.69) is 16.7 Å². The van der Waals surface area contributed by atoms with Crippen LogP contribution in [0.1, 0.15) is 18.9 Å². The van der Waals surface area contributed by atoms with Crippen molar-refractivity contribution in [1.29, 1.82) is 0 Å². The van der Waals surface area contributed by atoms with E-state index in [1.165, 1.54) is 32.7 Å². The van der Waals surface area contributed by atoms with Gasteiger partial charge in [-0.3, -0.25) is 0 Å². The monoisotopic (exact) mass is 314 g/mol. The number of ether oxygens (including phenoxy) is 1. The summed E-state index contributed by atoms with van der Waals surface area (Å²) in [4.78, 5) is 5.01. The number of aliphatic hydroxyl groups is 1. The summed E-state index contributed by atoms with van der Waals surface area (Å²) in [5, 5.41) is 8.97. The molecule has 0 aliphatic carbocycles. The van der Waals surface area contributed by atoms with Gasteiger partial charge in [0, 0.05) is 32.7 Å². The van der Waals surface area contributed by atoms with Crippen LogP contribution >= 0.6 is 12.4 Å². The lowest BCUT2D eigenvalue weighted by Crippen LogP contribution is -2.46. The molecule has 5 heteroatoms. The Bertz CT molecular complexity index is 378. The first-order chi connectivity index (χ1) is 9.81. The molecule has 0 bridgehead atoms. The molecule has 1 heterocycles. The number of rotatable bonds is 7. The highest BCUT2D eigenvalue weighted by Crippen LogP contribution is 2.12. The molecule has 1 aliphatic heterocycles. The van der Waals surface area contributed by atoms with Crippen molar-refractivity contribution in [3.8, 4) is 5.75 Å². The topological polar surface area (TPSA) is 35.9 Å². The van der Waals surface area contributed by atoms with E-state index in [1.54, 1.807) is 0 Å². The van der Waals surface area contributed by atoms with Crippen LogP contribution in [0.2, 0.25) is 0 Å². The van der Waals surface area contributed by atoms with E-state index in [-0.39, 0.29) is 19.0 Å². The van der Waals surface area contributed by atoms with Crippen LogP contribution in [0.15, 0.2) is 24.3 Å². The minimum Gasteiger partial charge on any atom is -0.494 e. The summed E-state index contributed by atoms with van der Waals surface area (Å²) >= 11 is 0. The minimum absolute atomic E-state index is 0. The third-order valence-corrected chi connectivity index (χ3v) is 3.91. The van der Waals surface area contributed by atoms with Crippen molar-refractivity contribution in [3.05, 3.63) is 29.8 Å². The first-order valence-corrected chi connectivity index (χ1v) is 7.59. The van der Waals surface area contributed by atoms with Gasteiger partial charge in [-0.05, 0) is 30.7 Å². The van der Waals surface area contributed by atoms with Crippen LogP contribution in [0.3, 0.4) is 0 Å². The van der Waals surface area contributed by atoms with Gasteiger partial charge in [-0.15, -0.1) is 12.4 Å². The second-order valence-electron chi connectivity index (χ2n) is 5.28. The zero-order chi connectivity index (χ0) is 14.2. The van der Waals surface area contributed by atoms with Gasteiger partial charge in [0.25, 0.3) is 0 Å². The summed E-state index contributed by atoms with van der Waals surface area (Å²) in [5.74, 6) is 0.887. The second kappa shape index (κ2) is 10.0. The molecule has 1 saturated heterocycles. The molecule has 1 aromatic carbocycles. The second-order valence-corrected chi connectivity index (χ2v) is 5.28. The summed E-state index contributed by atoms with van der Waals surface area (Å²) in [7, 11) is 0. The number of hydrogen-bond acceptors (Lipinski definition) is 4. The Morgan fingerprint density at radius 2 is 1.67 bits per heavy atom. The van der Waals surface area contributed by atoms with Crippen molar-refractivity contribution in [2.45, 2.75) is 20.0 Å². The summed E-state index contributed by atoms with van der Waals surface area (Å²) in [6, 6.07) is 7.65. The first-order valence-electron chi connectivity index (χ1n) is 7.59. The lowest BCUT2D eigenvalue weighted by atomic mass is 10.2. The maximum atomic E-state index is 8.97. The third kappa shape index (κ3) is 6.22. The van der Waals surface area contributed by atoms with Crippen LogP contribution in [0, 0.1) is 0 Å². The Morgan fingerprint density at radius 1 is 1.05 bits per heavy atom. The Balaban J connectivity index is 0.00000220. The van der Waals surface area contributed by atoms with Crippen LogP contribution in [-0.4, -0.2) is 60.8 Å². The van der Waals surface area contributed by atoms with Gasteiger partial charge in [0.1, 0.15) is 5.75 Å². The summed E-state index contributed by atoms with van der Waals surface area (Å²) in [6.07, 6.45) is 1.06. The highest BCUT2D eigenvalue weighted by molar-refractivity contribution is 5.85. The summed E-state index contributed by atoms with van der Waals surface area (Å²) in [5.41, 5.74) is 0.922. The Morgan fingerprint density at radius 3 is 2.24 bits per heavy atom. The fourth-order valence-electron chi connectivity index (χ4n) is 2.50. The van der Waals surface area contributed by atoms with Gasteiger partial charge in [0.2, 0.25) is 0 Å². The predicted molar refractivity (Wildman–Crippen MR) is 88.3 cm³/mol. The van der Waals surface area contributed by atoms with E-state index in [0.717, 1.165) is 30.9 Å². The summed E-state index contributed by atoms with van der Waals surface area (Å²) < 4.78 is 5.72. The number of benzene rings is 1. The lowest BCUT2D eigenvalue weighted by Gasteiger charge is -2.33. The largest absolute Gasteiger partial charge is 0.494 e. The molecule has 0 unspecified atom stereocenters.